The zero-order chi connectivity index (χ0) is 14.5. The molecule has 1 heterocycles. The molecular formula is C13H19N3O3. The molecule has 0 aliphatic carbocycles. The summed E-state index contributed by atoms with van der Waals surface area (Å²) in [6.45, 7) is 3.48. The zero-order valence-electron chi connectivity index (χ0n) is 11.4. The molecule has 19 heavy (non-hydrogen) atoms. The number of hydrogen-bond acceptors (Lipinski definition) is 3. The minimum Gasteiger partial charge on any atom is -0.480 e. The van der Waals surface area contributed by atoms with Crippen LogP contribution < -0.4 is 5.32 Å². The van der Waals surface area contributed by atoms with Gasteiger partial charge in [0.05, 0.1) is 6.20 Å². The largest absolute Gasteiger partial charge is 0.480 e. The van der Waals surface area contributed by atoms with Crippen LogP contribution in [0, 0.1) is 0 Å². The van der Waals surface area contributed by atoms with Gasteiger partial charge in [0.2, 0.25) is 5.91 Å². The van der Waals surface area contributed by atoms with Gasteiger partial charge in [0.1, 0.15) is 5.54 Å². The van der Waals surface area contributed by atoms with Crippen LogP contribution >= 0.6 is 0 Å². The predicted molar refractivity (Wildman–Crippen MR) is 71.3 cm³/mol. The van der Waals surface area contributed by atoms with Crippen LogP contribution in [0.2, 0.25) is 0 Å². The second-order valence-corrected chi connectivity index (χ2v) is 4.36. The Balaban J connectivity index is 2.73. The normalized spacial score (nSPS) is 11.7. The number of carboxylic acids is 1. The first-order chi connectivity index (χ1) is 8.93. The molecule has 0 spiro atoms. The van der Waals surface area contributed by atoms with Gasteiger partial charge in [0.25, 0.3) is 0 Å². The molecule has 1 amide bonds. The summed E-state index contributed by atoms with van der Waals surface area (Å²) < 4.78 is 1.62. The summed E-state index contributed by atoms with van der Waals surface area (Å²) in [5.41, 5.74) is -0.414. The number of amides is 1. The number of carbonyl (C=O) groups is 2. The van der Waals surface area contributed by atoms with Crippen molar-refractivity contribution in [2.75, 3.05) is 0 Å². The molecule has 0 unspecified atom stereocenters. The van der Waals surface area contributed by atoms with Crippen LogP contribution in [0.15, 0.2) is 18.5 Å². The summed E-state index contributed by atoms with van der Waals surface area (Å²) in [6.07, 6.45) is 6.97. The second kappa shape index (κ2) is 6.17. The van der Waals surface area contributed by atoms with Crippen molar-refractivity contribution < 1.29 is 14.7 Å². The number of aliphatic carboxylic acids is 1. The highest BCUT2D eigenvalue weighted by Gasteiger charge is 2.35. The van der Waals surface area contributed by atoms with Crippen LogP contribution in [-0.4, -0.2) is 32.3 Å². The highest BCUT2D eigenvalue weighted by atomic mass is 16.4. The Morgan fingerprint density at radius 3 is 2.53 bits per heavy atom. The van der Waals surface area contributed by atoms with Gasteiger partial charge in [-0.05, 0) is 18.9 Å². The summed E-state index contributed by atoms with van der Waals surface area (Å²) in [5.74, 6) is -1.43. The maximum Gasteiger partial charge on any atom is 0.329 e. The molecule has 6 nitrogen and oxygen atoms in total. The molecule has 0 saturated carbocycles. The second-order valence-electron chi connectivity index (χ2n) is 4.36. The molecule has 1 rings (SSSR count). The molecule has 0 saturated heterocycles. The van der Waals surface area contributed by atoms with Gasteiger partial charge in [-0.25, -0.2) is 4.79 Å². The highest BCUT2D eigenvalue weighted by Crippen LogP contribution is 2.15. The smallest absolute Gasteiger partial charge is 0.329 e. The molecular weight excluding hydrogens is 246 g/mol. The Kier molecular flexibility index (Phi) is 4.86. The maximum atomic E-state index is 11.8. The predicted octanol–water partition coefficient (Wildman–Crippen LogP) is 1.19. The third-order valence-corrected chi connectivity index (χ3v) is 3.13. The Bertz CT molecular complexity index is 487. The van der Waals surface area contributed by atoms with E-state index in [1.165, 1.54) is 6.08 Å². The molecule has 0 radical (unpaired) electrons. The van der Waals surface area contributed by atoms with E-state index in [1.807, 2.05) is 0 Å². The average Bonchev–Trinajstić information content (AvgIpc) is 2.79. The molecule has 0 aromatic carbocycles. The number of aromatic nitrogens is 2. The van der Waals surface area contributed by atoms with Gasteiger partial charge in [0, 0.05) is 24.9 Å². The van der Waals surface area contributed by atoms with E-state index < -0.39 is 17.4 Å². The average molecular weight is 265 g/mol. The van der Waals surface area contributed by atoms with E-state index in [0.29, 0.717) is 12.8 Å². The third kappa shape index (κ3) is 3.67. The first-order valence-corrected chi connectivity index (χ1v) is 6.15. The van der Waals surface area contributed by atoms with Crippen LogP contribution in [0.1, 0.15) is 32.3 Å². The topological polar surface area (TPSA) is 84.2 Å². The number of hydrogen-bond donors (Lipinski definition) is 2. The van der Waals surface area contributed by atoms with E-state index in [-0.39, 0.29) is 0 Å². The Labute approximate surface area is 112 Å². The van der Waals surface area contributed by atoms with Crippen molar-refractivity contribution in [3.05, 3.63) is 24.0 Å². The van der Waals surface area contributed by atoms with Gasteiger partial charge in [-0.3, -0.25) is 9.48 Å². The first kappa shape index (κ1) is 14.9. The quantitative estimate of drug-likeness (QED) is 0.757. The lowest BCUT2D eigenvalue weighted by Crippen LogP contribution is -2.53. The van der Waals surface area contributed by atoms with E-state index in [4.69, 9.17) is 0 Å². The van der Waals surface area contributed by atoms with Crippen LogP contribution in [0.25, 0.3) is 6.08 Å². The van der Waals surface area contributed by atoms with Crippen LogP contribution in [0.3, 0.4) is 0 Å². The number of aryl methyl sites for hydroxylation is 1. The molecule has 0 atom stereocenters. The lowest BCUT2D eigenvalue weighted by atomic mass is 9.93. The van der Waals surface area contributed by atoms with Crippen molar-refractivity contribution in [1.29, 1.82) is 0 Å². The third-order valence-electron chi connectivity index (χ3n) is 3.13. The fourth-order valence-corrected chi connectivity index (χ4v) is 1.76. The Hall–Kier alpha value is -2.11. The molecule has 0 fully saturated rings. The molecule has 2 N–H and O–H groups in total. The monoisotopic (exact) mass is 265 g/mol. The minimum absolute atomic E-state index is 0.339. The van der Waals surface area contributed by atoms with Gasteiger partial charge in [-0.15, -0.1) is 0 Å². The zero-order valence-corrected chi connectivity index (χ0v) is 11.4. The first-order valence-electron chi connectivity index (χ1n) is 6.15. The summed E-state index contributed by atoms with van der Waals surface area (Å²) in [5, 5.41) is 15.7. The van der Waals surface area contributed by atoms with E-state index in [9.17, 15) is 14.7 Å². The van der Waals surface area contributed by atoms with Gasteiger partial charge in [-0.1, -0.05) is 13.8 Å². The van der Waals surface area contributed by atoms with Crippen LogP contribution in [0.4, 0.5) is 0 Å². The lowest BCUT2D eigenvalue weighted by molar-refractivity contribution is -0.147. The van der Waals surface area contributed by atoms with Crippen molar-refractivity contribution >= 4 is 18.0 Å². The number of nitrogens with one attached hydrogen (secondary N) is 1. The van der Waals surface area contributed by atoms with Crippen molar-refractivity contribution in [3.8, 4) is 0 Å². The van der Waals surface area contributed by atoms with Crippen molar-refractivity contribution in [2.24, 2.45) is 7.05 Å². The van der Waals surface area contributed by atoms with Gasteiger partial charge < -0.3 is 10.4 Å². The summed E-state index contributed by atoms with van der Waals surface area (Å²) in [4.78, 5) is 23.0. The highest BCUT2D eigenvalue weighted by molar-refractivity contribution is 5.95. The molecule has 1 aromatic heterocycles. The number of rotatable bonds is 6. The van der Waals surface area contributed by atoms with E-state index >= 15 is 0 Å². The molecule has 0 aliphatic rings. The van der Waals surface area contributed by atoms with Crippen LogP contribution in [-0.2, 0) is 16.6 Å². The Morgan fingerprint density at radius 2 is 2.11 bits per heavy atom. The number of carbonyl (C=O) groups excluding carboxylic acids is 1. The van der Waals surface area contributed by atoms with Crippen molar-refractivity contribution in [1.82, 2.24) is 15.1 Å². The molecule has 104 valence electrons. The van der Waals surface area contributed by atoms with E-state index in [1.54, 1.807) is 44.0 Å². The molecule has 0 bridgehead atoms. The van der Waals surface area contributed by atoms with Gasteiger partial charge in [0.15, 0.2) is 0 Å². The van der Waals surface area contributed by atoms with Crippen molar-refractivity contribution in [3.63, 3.8) is 0 Å². The fraction of sp³-hybridized carbons (Fsp3) is 0.462. The van der Waals surface area contributed by atoms with E-state index in [2.05, 4.69) is 10.4 Å². The molecule has 1 aromatic rings. The summed E-state index contributed by atoms with van der Waals surface area (Å²) >= 11 is 0. The number of carboxylic acid groups (broad SMARTS) is 1. The summed E-state index contributed by atoms with van der Waals surface area (Å²) in [6, 6.07) is 0. The standard InChI is InChI=1S/C13H19N3O3/c1-4-13(5-2,12(18)19)15-11(17)7-6-10-8-14-16(3)9-10/h6-9H,4-5H2,1-3H3,(H,15,17)(H,18,19). The van der Waals surface area contributed by atoms with Gasteiger partial charge >= 0.3 is 5.97 Å². The van der Waals surface area contributed by atoms with E-state index in [0.717, 1.165) is 5.56 Å². The number of nitrogens with zero attached hydrogens (tertiary/aromatic N) is 2. The summed E-state index contributed by atoms with van der Waals surface area (Å²) in [7, 11) is 1.78. The fourth-order valence-electron chi connectivity index (χ4n) is 1.76. The van der Waals surface area contributed by atoms with Crippen molar-refractivity contribution in [2.45, 2.75) is 32.2 Å². The Morgan fingerprint density at radius 1 is 1.47 bits per heavy atom. The van der Waals surface area contributed by atoms with Gasteiger partial charge in [-0.2, -0.15) is 5.10 Å². The minimum atomic E-state index is -1.20. The lowest BCUT2D eigenvalue weighted by Gasteiger charge is -2.27. The molecule has 0 aliphatic heterocycles. The maximum absolute atomic E-state index is 11.8. The van der Waals surface area contributed by atoms with Crippen LogP contribution in [0.5, 0.6) is 0 Å². The molecule has 6 heteroatoms. The SMILES string of the molecule is CCC(CC)(NC(=O)C=Cc1cnn(C)c1)C(=O)O.